The van der Waals surface area contributed by atoms with Gasteiger partial charge in [0.2, 0.25) is 0 Å². The summed E-state index contributed by atoms with van der Waals surface area (Å²) in [7, 11) is 2.12. The minimum absolute atomic E-state index is 0.774. The molecule has 4 aromatic rings. The first-order valence-corrected chi connectivity index (χ1v) is 9.03. The summed E-state index contributed by atoms with van der Waals surface area (Å²) in [5, 5.41) is 0.774. The van der Waals surface area contributed by atoms with E-state index in [1.54, 1.807) is 0 Å². The molecule has 2 aromatic carbocycles. The number of hydrogen-bond acceptors (Lipinski definition) is 2. The van der Waals surface area contributed by atoms with Gasteiger partial charge in [0.1, 0.15) is 5.65 Å². The molecule has 0 fully saturated rings. The molecule has 0 bridgehead atoms. The molecule has 0 saturated carbocycles. The average Bonchev–Trinajstić information content (AvgIpc) is 3.01. The monoisotopic (exact) mass is 361 g/mol. The highest BCUT2D eigenvalue weighted by atomic mass is 35.5. The highest BCUT2D eigenvalue weighted by Gasteiger charge is 2.15. The smallest absolute Gasteiger partial charge is 0.137 e. The van der Waals surface area contributed by atoms with E-state index >= 15 is 0 Å². The van der Waals surface area contributed by atoms with Crippen LogP contribution in [0, 0.1) is 0 Å². The number of pyridine rings is 1. The summed E-state index contributed by atoms with van der Waals surface area (Å²) in [6.45, 7) is 1.62. The SMILES string of the molecule is CN(Cc1cccc(Cl)c1)Cc1c(-c2ccccc2)nc2ccccn12. The topological polar surface area (TPSA) is 20.5 Å². The Morgan fingerprint density at radius 1 is 0.923 bits per heavy atom. The van der Waals surface area contributed by atoms with Crippen molar-refractivity contribution in [1.29, 1.82) is 0 Å². The quantitative estimate of drug-likeness (QED) is 0.481. The number of nitrogens with zero attached hydrogens (tertiary/aromatic N) is 3. The molecule has 0 radical (unpaired) electrons. The van der Waals surface area contributed by atoms with Crippen molar-refractivity contribution in [2.75, 3.05) is 7.05 Å². The summed E-state index contributed by atoms with van der Waals surface area (Å²) in [6, 6.07) is 24.5. The molecule has 0 aliphatic heterocycles. The maximum atomic E-state index is 6.12. The molecule has 130 valence electrons. The standard InChI is InChI=1S/C22H20ClN3/c1-25(15-17-8-7-11-19(23)14-17)16-20-22(18-9-3-2-4-10-18)24-21-12-5-6-13-26(20)21/h2-14H,15-16H2,1H3. The molecule has 4 heteroatoms. The molecule has 0 aliphatic rings. The number of aromatic nitrogens is 2. The second-order valence-electron chi connectivity index (χ2n) is 6.50. The first kappa shape index (κ1) is 16.8. The van der Waals surface area contributed by atoms with Crippen molar-refractivity contribution in [2.45, 2.75) is 13.1 Å². The van der Waals surface area contributed by atoms with E-state index in [4.69, 9.17) is 16.6 Å². The van der Waals surface area contributed by atoms with Crippen molar-refractivity contribution in [3.8, 4) is 11.3 Å². The lowest BCUT2D eigenvalue weighted by atomic mass is 10.1. The van der Waals surface area contributed by atoms with Crippen LogP contribution in [0.25, 0.3) is 16.9 Å². The van der Waals surface area contributed by atoms with Crippen LogP contribution in [0.5, 0.6) is 0 Å². The Hall–Kier alpha value is -2.62. The molecule has 26 heavy (non-hydrogen) atoms. The Balaban J connectivity index is 1.68. The number of fused-ring (bicyclic) bond motifs is 1. The molecule has 0 spiro atoms. The fourth-order valence-corrected chi connectivity index (χ4v) is 3.50. The van der Waals surface area contributed by atoms with E-state index in [0.717, 1.165) is 35.0 Å². The lowest BCUT2D eigenvalue weighted by molar-refractivity contribution is 0.314. The highest BCUT2D eigenvalue weighted by molar-refractivity contribution is 6.30. The van der Waals surface area contributed by atoms with E-state index in [9.17, 15) is 0 Å². The third-order valence-corrected chi connectivity index (χ3v) is 4.67. The van der Waals surface area contributed by atoms with Gasteiger partial charge in [0, 0.05) is 29.9 Å². The minimum atomic E-state index is 0.774. The van der Waals surface area contributed by atoms with Crippen molar-refractivity contribution < 1.29 is 0 Å². The highest BCUT2D eigenvalue weighted by Crippen LogP contribution is 2.25. The van der Waals surface area contributed by atoms with Gasteiger partial charge < -0.3 is 4.40 Å². The molecule has 2 heterocycles. The van der Waals surface area contributed by atoms with E-state index in [1.807, 2.05) is 42.5 Å². The van der Waals surface area contributed by atoms with Crippen LogP contribution in [-0.4, -0.2) is 21.3 Å². The van der Waals surface area contributed by atoms with Crippen molar-refractivity contribution in [1.82, 2.24) is 14.3 Å². The summed E-state index contributed by atoms with van der Waals surface area (Å²) in [6.07, 6.45) is 2.08. The van der Waals surface area contributed by atoms with Gasteiger partial charge in [-0.3, -0.25) is 4.90 Å². The Bertz CT molecular complexity index is 1020. The molecular weight excluding hydrogens is 342 g/mol. The van der Waals surface area contributed by atoms with E-state index in [1.165, 1.54) is 11.3 Å². The molecular formula is C22H20ClN3. The Morgan fingerprint density at radius 3 is 2.54 bits per heavy atom. The van der Waals surface area contributed by atoms with E-state index in [0.29, 0.717) is 0 Å². The van der Waals surface area contributed by atoms with Gasteiger partial charge in [-0.1, -0.05) is 60.1 Å². The molecule has 3 nitrogen and oxygen atoms in total. The number of hydrogen-bond donors (Lipinski definition) is 0. The van der Waals surface area contributed by atoms with Crippen LogP contribution in [-0.2, 0) is 13.1 Å². The van der Waals surface area contributed by atoms with Gasteiger partial charge in [0.15, 0.2) is 0 Å². The molecule has 0 aliphatic carbocycles. The Morgan fingerprint density at radius 2 is 1.73 bits per heavy atom. The summed E-state index contributed by atoms with van der Waals surface area (Å²) >= 11 is 6.12. The Labute approximate surface area is 158 Å². The second-order valence-corrected chi connectivity index (χ2v) is 6.94. The largest absolute Gasteiger partial charge is 0.302 e. The lowest BCUT2D eigenvalue weighted by Gasteiger charge is -2.18. The summed E-state index contributed by atoms with van der Waals surface area (Å²) < 4.78 is 2.18. The molecule has 4 rings (SSSR count). The zero-order chi connectivity index (χ0) is 17.9. The normalized spacial score (nSPS) is 11.3. The fourth-order valence-electron chi connectivity index (χ4n) is 3.28. The first-order valence-electron chi connectivity index (χ1n) is 8.65. The molecule has 0 N–H and O–H groups in total. The van der Waals surface area contributed by atoms with Crippen molar-refractivity contribution >= 4 is 17.2 Å². The maximum Gasteiger partial charge on any atom is 0.137 e. The van der Waals surface area contributed by atoms with Gasteiger partial charge in [-0.15, -0.1) is 0 Å². The fraction of sp³-hybridized carbons (Fsp3) is 0.136. The predicted octanol–water partition coefficient (Wildman–Crippen LogP) is 5.29. The van der Waals surface area contributed by atoms with Crippen LogP contribution in [0.3, 0.4) is 0 Å². The summed E-state index contributed by atoms with van der Waals surface area (Å²) in [5.41, 5.74) is 5.54. The average molecular weight is 362 g/mol. The van der Waals surface area contributed by atoms with E-state index in [2.05, 4.69) is 52.9 Å². The third kappa shape index (κ3) is 3.50. The van der Waals surface area contributed by atoms with Gasteiger partial charge in [0.05, 0.1) is 11.4 Å². The lowest BCUT2D eigenvalue weighted by Crippen LogP contribution is -2.18. The molecule has 0 saturated heterocycles. The van der Waals surface area contributed by atoms with Crippen molar-refractivity contribution in [2.24, 2.45) is 0 Å². The van der Waals surface area contributed by atoms with Crippen LogP contribution in [0.1, 0.15) is 11.3 Å². The van der Waals surface area contributed by atoms with Crippen LogP contribution in [0.15, 0.2) is 79.0 Å². The molecule has 0 atom stereocenters. The van der Waals surface area contributed by atoms with E-state index in [-0.39, 0.29) is 0 Å². The van der Waals surface area contributed by atoms with Gasteiger partial charge in [0.25, 0.3) is 0 Å². The van der Waals surface area contributed by atoms with Crippen LogP contribution >= 0.6 is 11.6 Å². The number of halogens is 1. The summed E-state index contributed by atoms with van der Waals surface area (Å²) in [5.74, 6) is 0. The zero-order valence-corrected chi connectivity index (χ0v) is 15.4. The first-order chi connectivity index (χ1) is 12.7. The van der Waals surface area contributed by atoms with Gasteiger partial charge >= 0.3 is 0 Å². The zero-order valence-electron chi connectivity index (χ0n) is 14.6. The minimum Gasteiger partial charge on any atom is -0.302 e. The Kier molecular flexibility index (Phi) is 4.74. The number of benzene rings is 2. The third-order valence-electron chi connectivity index (χ3n) is 4.44. The van der Waals surface area contributed by atoms with Crippen LogP contribution in [0.4, 0.5) is 0 Å². The molecule has 2 aromatic heterocycles. The van der Waals surface area contributed by atoms with Gasteiger partial charge in [-0.25, -0.2) is 4.98 Å². The van der Waals surface area contributed by atoms with E-state index < -0.39 is 0 Å². The maximum absolute atomic E-state index is 6.12. The predicted molar refractivity (Wildman–Crippen MR) is 107 cm³/mol. The van der Waals surface area contributed by atoms with Crippen molar-refractivity contribution in [3.05, 3.63) is 95.3 Å². The van der Waals surface area contributed by atoms with Crippen molar-refractivity contribution in [3.63, 3.8) is 0 Å². The second kappa shape index (κ2) is 7.32. The van der Waals surface area contributed by atoms with Crippen LogP contribution < -0.4 is 0 Å². The van der Waals surface area contributed by atoms with Crippen LogP contribution in [0.2, 0.25) is 5.02 Å². The summed E-state index contributed by atoms with van der Waals surface area (Å²) in [4.78, 5) is 7.16. The molecule has 0 amide bonds. The van der Waals surface area contributed by atoms with Gasteiger partial charge in [-0.2, -0.15) is 0 Å². The van der Waals surface area contributed by atoms with Gasteiger partial charge in [-0.05, 0) is 36.9 Å². The number of imidazole rings is 1. The number of rotatable bonds is 5. The molecule has 0 unspecified atom stereocenters.